The van der Waals surface area contributed by atoms with Gasteiger partial charge in [0.05, 0.1) is 0 Å². The fourth-order valence-electron chi connectivity index (χ4n) is 3.99. The summed E-state index contributed by atoms with van der Waals surface area (Å²) in [6.07, 6.45) is 7.71. The van der Waals surface area contributed by atoms with Crippen LogP contribution in [-0.2, 0) is 0 Å². The molecular weight excluding hydrogens is 338 g/mol. The van der Waals surface area contributed by atoms with E-state index in [0.29, 0.717) is 5.92 Å². The maximum absolute atomic E-state index is 12.8. The molecule has 2 aromatic heterocycles. The van der Waals surface area contributed by atoms with Gasteiger partial charge in [-0.15, -0.1) is 0 Å². The lowest BCUT2D eigenvalue weighted by Crippen LogP contribution is -2.47. The predicted octanol–water partition coefficient (Wildman–Crippen LogP) is 2.25. The van der Waals surface area contributed by atoms with Gasteiger partial charge in [-0.2, -0.15) is 0 Å². The third-order valence-electron chi connectivity index (χ3n) is 5.78. The van der Waals surface area contributed by atoms with Crippen molar-refractivity contribution in [3.05, 3.63) is 54.0 Å². The van der Waals surface area contributed by atoms with Crippen LogP contribution in [0.2, 0.25) is 0 Å². The van der Waals surface area contributed by atoms with Gasteiger partial charge in [-0.25, -0.2) is 4.98 Å². The van der Waals surface area contributed by atoms with Crippen LogP contribution in [0.15, 0.2) is 42.9 Å². The second-order valence-electron chi connectivity index (χ2n) is 7.54. The first-order valence-corrected chi connectivity index (χ1v) is 9.79. The van der Waals surface area contributed by atoms with Crippen molar-refractivity contribution < 1.29 is 4.79 Å². The van der Waals surface area contributed by atoms with Crippen LogP contribution in [0.25, 0.3) is 0 Å². The zero-order chi connectivity index (χ0) is 18.6. The topological polar surface area (TPSA) is 52.6 Å². The maximum Gasteiger partial charge on any atom is 0.254 e. The molecule has 2 aliphatic heterocycles. The third-order valence-corrected chi connectivity index (χ3v) is 5.78. The van der Waals surface area contributed by atoms with Gasteiger partial charge in [0, 0.05) is 63.4 Å². The van der Waals surface area contributed by atoms with E-state index in [1.54, 1.807) is 6.20 Å². The lowest BCUT2D eigenvalue weighted by atomic mass is 9.90. The van der Waals surface area contributed by atoms with E-state index < -0.39 is 0 Å². The molecule has 2 aliphatic rings. The van der Waals surface area contributed by atoms with Gasteiger partial charge >= 0.3 is 0 Å². The Morgan fingerprint density at radius 2 is 1.67 bits per heavy atom. The van der Waals surface area contributed by atoms with Gasteiger partial charge in [0.2, 0.25) is 0 Å². The van der Waals surface area contributed by atoms with Crippen molar-refractivity contribution in [2.75, 3.05) is 51.2 Å². The van der Waals surface area contributed by atoms with Crippen molar-refractivity contribution in [2.45, 2.75) is 18.8 Å². The number of carbonyl (C=O) groups is 1. The highest BCUT2D eigenvalue weighted by Crippen LogP contribution is 2.29. The number of hydrogen-bond acceptors (Lipinski definition) is 5. The van der Waals surface area contributed by atoms with Crippen LogP contribution in [0.5, 0.6) is 0 Å². The van der Waals surface area contributed by atoms with Gasteiger partial charge in [0.15, 0.2) is 0 Å². The minimum atomic E-state index is 0.124. The summed E-state index contributed by atoms with van der Waals surface area (Å²) in [6, 6.07) is 8.04. The molecule has 1 amide bonds. The van der Waals surface area contributed by atoms with Gasteiger partial charge < -0.3 is 14.7 Å². The van der Waals surface area contributed by atoms with E-state index in [1.807, 2.05) is 29.4 Å². The molecule has 0 saturated carbocycles. The van der Waals surface area contributed by atoms with Crippen molar-refractivity contribution in [3.63, 3.8) is 0 Å². The number of nitrogens with zero attached hydrogens (tertiary/aromatic N) is 5. The van der Waals surface area contributed by atoms with E-state index in [0.717, 1.165) is 63.5 Å². The molecule has 0 bridgehead atoms. The van der Waals surface area contributed by atoms with Crippen molar-refractivity contribution in [1.29, 1.82) is 0 Å². The Morgan fingerprint density at radius 1 is 0.963 bits per heavy atom. The predicted molar refractivity (Wildman–Crippen MR) is 106 cm³/mol. The first kappa shape index (κ1) is 17.9. The van der Waals surface area contributed by atoms with Crippen LogP contribution in [-0.4, -0.2) is 72.0 Å². The third kappa shape index (κ3) is 4.11. The van der Waals surface area contributed by atoms with E-state index in [4.69, 9.17) is 0 Å². The second kappa shape index (κ2) is 8.05. The Hall–Kier alpha value is -2.47. The number of amides is 1. The number of aromatic nitrogens is 2. The van der Waals surface area contributed by atoms with Crippen molar-refractivity contribution in [1.82, 2.24) is 19.8 Å². The summed E-state index contributed by atoms with van der Waals surface area (Å²) in [4.78, 5) is 28.0. The fourth-order valence-corrected chi connectivity index (χ4v) is 3.99. The largest absolute Gasteiger partial charge is 0.357 e. The molecule has 4 rings (SSSR count). The molecule has 0 atom stereocenters. The molecule has 0 N–H and O–H groups in total. The SMILES string of the molecule is CN1CCN(C(=O)c2ccnc(N3CCC(c4ccncc4)CC3)c2)CC1. The molecule has 27 heavy (non-hydrogen) atoms. The normalized spacial score (nSPS) is 19.3. The lowest BCUT2D eigenvalue weighted by molar-refractivity contribution is 0.0664. The Balaban J connectivity index is 1.40. The van der Waals surface area contributed by atoms with Crippen LogP contribution in [0.4, 0.5) is 5.82 Å². The van der Waals surface area contributed by atoms with Crippen molar-refractivity contribution in [2.24, 2.45) is 0 Å². The Bertz CT molecular complexity index is 765. The van der Waals surface area contributed by atoms with Crippen LogP contribution in [0, 0.1) is 0 Å². The molecule has 0 spiro atoms. The zero-order valence-electron chi connectivity index (χ0n) is 15.9. The Labute approximate surface area is 160 Å². The number of hydrogen-bond donors (Lipinski definition) is 0. The van der Waals surface area contributed by atoms with Gasteiger partial charge in [-0.3, -0.25) is 9.78 Å². The lowest BCUT2D eigenvalue weighted by Gasteiger charge is -2.34. The Kier molecular flexibility index (Phi) is 5.34. The maximum atomic E-state index is 12.8. The van der Waals surface area contributed by atoms with Crippen LogP contribution >= 0.6 is 0 Å². The molecule has 0 unspecified atom stereocenters. The van der Waals surface area contributed by atoms with Gasteiger partial charge in [0.25, 0.3) is 5.91 Å². The minimum Gasteiger partial charge on any atom is -0.357 e. The number of rotatable bonds is 3. The molecule has 0 radical (unpaired) electrons. The molecule has 2 saturated heterocycles. The number of piperazine rings is 1. The monoisotopic (exact) mass is 365 g/mol. The molecule has 6 heteroatoms. The van der Waals surface area contributed by atoms with Gasteiger partial charge in [-0.1, -0.05) is 0 Å². The summed E-state index contributed by atoms with van der Waals surface area (Å²) in [5, 5.41) is 0. The quantitative estimate of drug-likeness (QED) is 0.835. The first-order chi connectivity index (χ1) is 13.2. The molecule has 4 heterocycles. The fraction of sp³-hybridized carbons (Fsp3) is 0.476. The number of likely N-dealkylation sites (N-methyl/N-ethyl adjacent to an activating group) is 1. The summed E-state index contributed by atoms with van der Waals surface area (Å²) in [6.45, 7) is 5.39. The second-order valence-corrected chi connectivity index (χ2v) is 7.54. The molecular formula is C21H27N5O. The number of piperidine rings is 1. The number of pyridine rings is 2. The highest BCUT2D eigenvalue weighted by Gasteiger charge is 2.24. The molecule has 2 aromatic rings. The van der Waals surface area contributed by atoms with Crippen LogP contribution in [0.3, 0.4) is 0 Å². The average molecular weight is 365 g/mol. The van der Waals surface area contributed by atoms with E-state index in [2.05, 4.69) is 38.9 Å². The van der Waals surface area contributed by atoms with E-state index >= 15 is 0 Å². The number of carbonyl (C=O) groups excluding carboxylic acids is 1. The summed E-state index contributed by atoms with van der Waals surface area (Å²) in [7, 11) is 2.10. The molecule has 6 nitrogen and oxygen atoms in total. The summed E-state index contributed by atoms with van der Waals surface area (Å²) >= 11 is 0. The van der Waals surface area contributed by atoms with Crippen LogP contribution in [0.1, 0.15) is 34.7 Å². The molecule has 0 aromatic carbocycles. The van der Waals surface area contributed by atoms with E-state index in [-0.39, 0.29) is 5.91 Å². The first-order valence-electron chi connectivity index (χ1n) is 9.79. The Morgan fingerprint density at radius 3 is 2.37 bits per heavy atom. The standard InChI is InChI=1S/C21H27N5O/c1-24-12-14-26(15-13-24)21(27)19-4-9-23-20(16-19)25-10-5-18(6-11-25)17-2-7-22-8-3-17/h2-4,7-9,16,18H,5-6,10-15H2,1H3. The van der Waals surface area contributed by atoms with E-state index in [9.17, 15) is 4.79 Å². The van der Waals surface area contributed by atoms with Crippen molar-refractivity contribution in [3.8, 4) is 0 Å². The minimum absolute atomic E-state index is 0.124. The molecule has 0 aliphatic carbocycles. The molecule has 2 fully saturated rings. The summed E-state index contributed by atoms with van der Waals surface area (Å²) in [5.74, 6) is 1.63. The molecule has 142 valence electrons. The highest BCUT2D eigenvalue weighted by molar-refractivity contribution is 5.95. The van der Waals surface area contributed by atoms with Gasteiger partial charge in [-0.05, 0) is 55.6 Å². The van der Waals surface area contributed by atoms with Crippen molar-refractivity contribution >= 4 is 11.7 Å². The zero-order valence-corrected chi connectivity index (χ0v) is 15.9. The number of anilines is 1. The van der Waals surface area contributed by atoms with E-state index in [1.165, 1.54) is 5.56 Å². The van der Waals surface area contributed by atoms with Crippen LogP contribution < -0.4 is 4.90 Å². The smallest absolute Gasteiger partial charge is 0.254 e. The summed E-state index contributed by atoms with van der Waals surface area (Å²) < 4.78 is 0. The average Bonchev–Trinajstić information content (AvgIpc) is 2.75. The highest BCUT2D eigenvalue weighted by atomic mass is 16.2. The van der Waals surface area contributed by atoms with Gasteiger partial charge in [0.1, 0.15) is 5.82 Å². The summed E-state index contributed by atoms with van der Waals surface area (Å²) in [5.41, 5.74) is 2.12.